The van der Waals surface area contributed by atoms with Crippen molar-refractivity contribution in [3.63, 3.8) is 0 Å². The molecule has 0 unspecified atom stereocenters. The maximum atomic E-state index is 12.5. The van der Waals surface area contributed by atoms with Gasteiger partial charge in [0.05, 0.1) is 11.7 Å². The van der Waals surface area contributed by atoms with Crippen LogP contribution in [0.2, 0.25) is 0 Å². The van der Waals surface area contributed by atoms with Crippen molar-refractivity contribution >= 4 is 45.5 Å². The summed E-state index contributed by atoms with van der Waals surface area (Å²) in [6.45, 7) is 6.07. The van der Waals surface area contributed by atoms with Crippen molar-refractivity contribution in [2.75, 3.05) is 5.32 Å². The summed E-state index contributed by atoms with van der Waals surface area (Å²) >= 11 is 6.78. The van der Waals surface area contributed by atoms with Gasteiger partial charge in [0.25, 0.3) is 11.8 Å². The predicted octanol–water partition coefficient (Wildman–Crippen LogP) is 3.89. The zero-order chi connectivity index (χ0) is 21.1. The van der Waals surface area contributed by atoms with Crippen molar-refractivity contribution < 1.29 is 14.3 Å². The number of anilines is 1. The summed E-state index contributed by atoms with van der Waals surface area (Å²) in [5, 5.41) is 6.38. The molecule has 0 aliphatic heterocycles. The summed E-state index contributed by atoms with van der Waals surface area (Å²) in [6, 6.07) is 6.83. The van der Waals surface area contributed by atoms with Crippen LogP contribution in [0.1, 0.15) is 58.3 Å². The van der Waals surface area contributed by atoms with Crippen molar-refractivity contribution in [2.24, 2.45) is 11.7 Å². The van der Waals surface area contributed by atoms with Crippen molar-refractivity contribution in [3.8, 4) is 5.75 Å². The first-order chi connectivity index (χ1) is 13.7. The third kappa shape index (κ3) is 5.13. The molecule has 6 nitrogen and oxygen atoms in total. The molecule has 0 bridgehead atoms. The number of primary amides is 1. The van der Waals surface area contributed by atoms with Crippen molar-refractivity contribution in [2.45, 2.75) is 46.1 Å². The Kier molecular flexibility index (Phi) is 6.54. The van der Waals surface area contributed by atoms with E-state index in [2.05, 4.69) is 17.6 Å². The van der Waals surface area contributed by atoms with Crippen LogP contribution in [-0.2, 0) is 12.8 Å². The zero-order valence-corrected chi connectivity index (χ0v) is 18.3. The number of rotatable bonds is 5. The molecule has 1 aliphatic rings. The lowest BCUT2D eigenvalue weighted by Gasteiger charge is -2.18. The van der Waals surface area contributed by atoms with E-state index >= 15 is 0 Å². The number of benzene rings is 1. The van der Waals surface area contributed by atoms with Gasteiger partial charge in [-0.1, -0.05) is 6.92 Å². The van der Waals surface area contributed by atoms with Crippen LogP contribution in [0.5, 0.6) is 5.75 Å². The predicted molar refractivity (Wildman–Crippen MR) is 120 cm³/mol. The average molecular weight is 432 g/mol. The molecule has 1 atom stereocenters. The van der Waals surface area contributed by atoms with Crippen LogP contribution < -0.4 is 21.1 Å². The molecule has 8 heteroatoms. The SMILES string of the molecule is CC(C)Oc1ccc(C(=O)NC(=S)Nc2sc3c(c2C(N)=O)CC[C@H](C)C3)cc1. The lowest BCUT2D eigenvalue weighted by Crippen LogP contribution is -2.34. The molecule has 4 N–H and O–H groups in total. The van der Waals surface area contributed by atoms with Gasteiger partial charge < -0.3 is 15.8 Å². The standard InChI is InChI=1S/C21H25N3O3S2/c1-11(2)27-14-7-5-13(6-8-14)19(26)23-21(28)24-20-17(18(22)25)15-9-4-12(3)10-16(15)29-20/h5-8,11-12H,4,9-10H2,1-3H3,(H2,22,25)(H2,23,24,26,28)/t12-/m0/s1. The van der Waals surface area contributed by atoms with Gasteiger partial charge in [0, 0.05) is 10.4 Å². The molecule has 1 heterocycles. The van der Waals surface area contributed by atoms with Crippen molar-refractivity contribution in [1.29, 1.82) is 0 Å². The first-order valence-electron chi connectivity index (χ1n) is 9.58. The fourth-order valence-electron chi connectivity index (χ4n) is 3.37. The van der Waals surface area contributed by atoms with Gasteiger partial charge in [-0.25, -0.2) is 0 Å². The number of thiophene rings is 1. The van der Waals surface area contributed by atoms with Crippen molar-refractivity contribution in [1.82, 2.24) is 5.32 Å². The number of hydrogen-bond acceptors (Lipinski definition) is 5. The summed E-state index contributed by atoms with van der Waals surface area (Å²) < 4.78 is 5.58. The van der Waals surface area contributed by atoms with Gasteiger partial charge in [-0.15, -0.1) is 11.3 Å². The second-order valence-corrected chi connectivity index (χ2v) is 9.03. The highest BCUT2D eigenvalue weighted by Gasteiger charge is 2.27. The molecule has 0 radical (unpaired) electrons. The molecule has 154 valence electrons. The number of carbonyl (C=O) groups excluding carboxylic acids is 2. The minimum Gasteiger partial charge on any atom is -0.491 e. The van der Waals surface area contributed by atoms with Gasteiger partial charge in [0.2, 0.25) is 0 Å². The van der Waals surface area contributed by atoms with E-state index in [1.54, 1.807) is 24.3 Å². The number of carbonyl (C=O) groups is 2. The molecule has 1 aromatic heterocycles. The maximum Gasteiger partial charge on any atom is 0.257 e. The lowest BCUT2D eigenvalue weighted by atomic mass is 9.88. The molecule has 0 saturated heterocycles. The summed E-state index contributed by atoms with van der Waals surface area (Å²) in [5.74, 6) is 0.453. The Balaban J connectivity index is 1.69. The number of fused-ring (bicyclic) bond motifs is 1. The molecule has 1 aliphatic carbocycles. The van der Waals surface area contributed by atoms with E-state index in [1.165, 1.54) is 11.3 Å². The first kappa shape index (κ1) is 21.3. The number of thiocarbonyl (C=S) groups is 1. The Morgan fingerprint density at radius 2 is 1.97 bits per heavy atom. The van der Waals surface area contributed by atoms with Gasteiger partial charge in [0.1, 0.15) is 10.8 Å². The second-order valence-electron chi connectivity index (χ2n) is 7.52. The van der Waals surface area contributed by atoms with E-state index in [0.29, 0.717) is 27.8 Å². The molecular formula is C21H25N3O3S2. The van der Waals surface area contributed by atoms with Crippen molar-refractivity contribution in [3.05, 3.63) is 45.8 Å². The Morgan fingerprint density at radius 3 is 2.59 bits per heavy atom. The normalized spacial score (nSPS) is 15.5. The Hall–Kier alpha value is -2.45. The molecular weight excluding hydrogens is 406 g/mol. The van der Waals surface area contributed by atoms with E-state index in [1.807, 2.05) is 13.8 Å². The third-order valence-electron chi connectivity index (χ3n) is 4.70. The number of nitrogens with one attached hydrogen (secondary N) is 2. The van der Waals surface area contributed by atoms with E-state index in [-0.39, 0.29) is 17.1 Å². The van der Waals surface area contributed by atoms with Crippen LogP contribution in [0.3, 0.4) is 0 Å². The highest BCUT2D eigenvalue weighted by molar-refractivity contribution is 7.80. The minimum absolute atomic E-state index is 0.0607. The number of nitrogens with two attached hydrogens (primary N) is 1. The quantitative estimate of drug-likeness (QED) is 0.625. The third-order valence-corrected chi connectivity index (χ3v) is 6.07. The van der Waals surface area contributed by atoms with Crippen LogP contribution in [0.25, 0.3) is 0 Å². The maximum absolute atomic E-state index is 12.5. The van der Waals surface area contributed by atoms with Crippen LogP contribution in [0.4, 0.5) is 5.00 Å². The minimum atomic E-state index is -0.477. The summed E-state index contributed by atoms with van der Waals surface area (Å²) in [6.07, 6.45) is 2.84. The summed E-state index contributed by atoms with van der Waals surface area (Å²) in [5.41, 5.74) is 7.58. The number of amides is 2. The van der Waals surface area contributed by atoms with E-state index < -0.39 is 5.91 Å². The zero-order valence-electron chi connectivity index (χ0n) is 16.7. The molecule has 2 amide bonds. The van der Waals surface area contributed by atoms with Crippen LogP contribution >= 0.6 is 23.6 Å². The van der Waals surface area contributed by atoms with Crippen LogP contribution in [0.15, 0.2) is 24.3 Å². The lowest BCUT2D eigenvalue weighted by molar-refractivity contribution is 0.0975. The smallest absolute Gasteiger partial charge is 0.257 e. The Labute approximate surface area is 179 Å². The van der Waals surface area contributed by atoms with Gasteiger partial charge >= 0.3 is 0 Å². The number of hydrogen-bond donors (Lipinski definition) is 3. The van der Waals surface area contributed by atoms with Gasteiger partial charge in [0.15, 0.2) is 5.11 Å². The molecule has 2 aromatic rings. The molecule has 1 aromatic carbocycles. The Bertz CT molecular complexity index is 935. The topological polar surface area (TPSA) is 93.4 Å². The summed E-state index contributed by atoms with van der Waals surface area (Å²) in [4.78, 5) is 25.6. The molecule has 0 spiro atoms. The molecule has 0 saturated carbocycles. The Morgan fingerprint density at radius 1 is 1.28 bits per heavy atom. The van der Waals surface area contributed by atoms with E-state index in [9.17, 15) is 9.59 Å². The van der Waals surface area contributed by atoms with Gasteiger partial charge in [-0.2, -0.15) is 0 Å². The number of ether oxygens (including phenoxy) is 1. The van der Waals surface area contributed by atoms with Crippen LogP contribution in [0, 0.1) is 5.92 Å². The van der Waals surface area contributed by atoms with Gasteiger partial charge in [-0.3, -0.25) is 14.9 Å². The highest BCUT2D eigenvalue weighted by Crippen LogP contribution is 2.39. The largest absolute Gasteiger partial charge is 0.491 e. The second kappa shape index (κ2) is 8.92. The molecule has 0 fully saturated rings. The van der Waals surface area contributed by atoms with Crippen LogP contribution in [-0.4, -0.2) is 23.0 Å². The van der Waals surface area contributed by atoms with E-state index in [0.717, 1.165) is 29.7 Å². The van der Waals surface area contributed by atoms with E-state index in [4.69, 9.17) is 22.7 Å². The van der Waals surface area contributed by atoms with Gasteiger partial charge in [-0.05, 0) is 81.1 Å². The fraction of sp³-hybridized carbons (Fsp3) is 0.381. The first-order valence-corrected chi connectivity index (χ1v) is 10.8. The monoisotopic (exact) mass is 431 g/mol. The molecule has 29 heavy (non-hydrogen) atoms. The molecule has 3 rings (SSSR count). The average Bonchev–Trinajstić information content (AvgIpc) is 2.98. The highest BCUT2D eigenvalue weighted by atomic mass is 32.1. The summed E-state index contributed by atoms with van der Waals surface area (Å²) in [7, 11) is 0. The fourth-order valence-corrected chi connectivity index (χ4v) is 5.05.